The summed E-state index contributed by atoms with van der Waals surface area (Å²) in [4.78, 5) is 19.8. The summed E-state index contributed by atoms with van der Waals surface area (Å²) in [6.07, 6.45) is 0.721. The van der Waals surface area contributed by atoms with Gasteiger partial charge in [0, 0.05) is 21.9 Å². The Kier molecular flexibility index (Phi) is 5.91. The van der Waals surface area contributed by atoms with Crippen LogP contribution >= 0.6 is 46.0 Å². The maximum Gasteiger partial charge on any atom is 0.253 e. The monoisotopic (exact) mass is 485 g/mol. The highest BCUT2D eigenvalue weighted by Crippen LogP contribution is 2.36. The highest BCUT2D eigenvalue weighted by atomic mass is 35.5. The van der Waals surface area contributed by atoms with Gasteiger partial charge in [-0.15, -0.1) is 27.8 Å². The van der Waals surface area contributed by atoms with Crippen molar-refractivity contribution in [2.24, 2.45) is 5.10 Å². The number of H-pyrrole nitrogens is 1. The number of carbonyl (C=O) groups excluding carboxylic acids is 1. The van der Waals surface area contributed by atoms with E-state index in [0.717, 1.165) is 27.5 Å². The standard InChI is InChI=1S/C21H16ClN5OS3/c22-14-7-5-13(6-8-14)20-23-21(25-24-20)31-12-19(28)27-16(18-4-2-10-30-18)11-15(26-27)17-3-1-9-29-17/h1-10,16H,11-12H2,(H,23,24,25). The number of thioether (sulfide) groups is 1. The van der Waals surface area contributed by atoms with Crippen molar-refractivity contribution in [3.8, 4) is 11.4 Å². The molecule has 0 saturated heterocycles. The molecule has 1 atom stereocenters. The van der Waals surface area contributed by atoms with E-state index >= 15 is 0 Å². The topological polar surface area (TPSA) is 74.2 Å². The molecule has 10 heteroatoms. The summed E-state index contributed by atoms with van der Waals surface area (Å²) >= 11 is 10.5. The number of hydrogen-bond acceptors (Lipinski definition) is 7. The van der Waals surface area contributed by atoms with Gasteiger partial charge in [0.2, 0.25) is 5.16 Å². The van der Waals surface area contributed by atoms with Crippen LogP contribution in [0.5, 0.6) is 0 Å². The van der Waals surface area contributed by atoms with Crippen LogP contribution in [-0.2, 0) is 4.79 Å². The van der Waals surface area contributed by atoms with E-state index < -0.39 is 0 Å². The summed E-state index contributed by atoms with van der Waals surface area (Å²) < 4.78 is 0. The van der Waals surface area contributed by atoms with Gasteiger partial charge in [0.15, 0.2) is 5.82 Å². The van der Waals surface area contributed by atoms with Crippen LogP contribution in [-0.4, -0.2) is 37.6 Å². The van der Waals surface area contributed by atoms with Crippen molar-refractivity contribution in [3.05, 3.63) is 74.1 Å². The highest BCUT2D eigenvalue weighted by Gasteiger charge is 2.34. The fourth-order valence-electron chi connectivity index (χ4n) is 3.27. The number of hydrazone groups is 1. The molecule has 4 heterocycles. The number of hydrogen-bond donors (Lipinski definition) is 1. The summed E-state index contributed by atoms with van der Waals surface area (Å²) in [6, 6.07) is 15.4. The number of benzene rings is 1. The fourth-order valence-corrected chi connectivity index (χ4v) is 5.58. The van der Waals surface area contributed by atoms with Gasteiger partial charge >= 0.3 is 0 Å². The second kappa shape index (κ2) is 8.96. The van der Waals surface area contributed by atoms with Crippen molar-refractivity contribution in [2.45, 2.75) is 17.6 Å². The molecular weight excluding hydrogens is 470 g/mol. The number of carbonyl (C=O) groups is 1. The molecule has 4 aromatic rings. The minimum Gasteiger partial charge on any atom is -0.272 e. The van der Waals surface area contributed by atoms with Gasteiger partial charge < -0.3 is 0 Å². The first-order valence-electron chi connectivity index (χ1n) is 9.45. The zero-order valence-corrected chi connectivity index (χ0v) is 19.3. The average molecular weight is 486 g/mol. The molecule has 3 aromatic heterocycles. The third kappa shape index (κ3) is 4.45. The van der Waals surface area contributed by atoms with Crippen molar-refractivity contribution in [2.75, 3.05) is 5.75 Å². The van der Waals surface area contributed by atoms with Gasteiger partial charge in [-0.3, -0.25) is 9.89 Å². The van der Waals surface area contributed by atoms with Crippen molar-refractivity contribution in [1.29, 1.82) is 0 Å². The normalized spacial score (nSPS) is 16.0. The molecule has 1 N–H and O–H groups in total. The van der Waals surface area contributed by atoms with Gasteiger partial charge in [-0.05, 0) is 47.2 Å². The summed E-state index contributed by atoms with van der Waals surface area (Å²) in [7, 11) is 0. The predicted octanol–water partition coefficient (Wildman–Crippen LogP) is 5.72. The number of aromatic amines is 1. The second-order valence-electron chi connectivity index (χ2n) is 6.76. The van der Waals surface area contributed by atoms with Gasteiger partial charge in [-0.25, -0.2) is 9.99 Å². The van der Waals surface area contributed by atoms with Crippen LogP contribution < -0.4 is 0 Å². The Balaban J connectivity index is 1.30. The van der Waals surface area contributed by atoms with Crippen LogP contribution in [0, 0.1) is 0 Å². The van der Waals surface area contributed by atoms with Crippen molar-refractivity contribution < 1.29 is 4.79 Å². The average Bonchev–Trinajstić information content (AvgIpc) is 3.58. The maximum absolute atomic E-state index is 13.1. The number of nitrogens with one attached hydrogen (secondary N) is 1. The first kappa shape index (κ1) is 20.4. The molecule has 1 aromatic carbocycles. The lowest BCUT2D eigenvalue weighted by Crippen LogP contribution is -2.28. The summed E-state index contributed by atoms with van der Waals surface area (Å²) in [6.45, 7) is 0. The largest absolute Gasteiger partial charge is 0.272 e. The van der Waals surface area contributed by atoms with Gasteiger partial charge in [0.25, 0.3) is 5.91 Å². The van der Waals surface area contributed by atoms with Gasteiger partial charge in [0.1, 0.15) is 0 Å². The number of rotatable bonds is 6. The van der Waals surface area contributed by atoms with Crippen LogP contribution in [0.1, 0.15) is 22.2 Å². The summed E-state index contributed by atoms with van der Waals surface area (Å²) in [5, 5.41) is 18.7. The molecule has 0 radical (unpaired) electrons. The fraction of sp³-hybridized carbons (Fsp3) is 0.143. The number of aromatic nitrogens is 3. The molecule has 0 aliphatic carbocycles. The number of thiophene rings is 2. The van der Waals surface area contributed by atoms with Crippen LogP contribution in [0.2, 0.25) is 5.02 Å². The van der Waals surface area contributed by atoms with Crippen LogP contribution in [0.25, 0.3) is 11.4 Å². The highest BCUT2D eigenvalue weighted by molar-refractivity contribution is 7.99. The molecule has 0 spiro atoms. The first-order valence-corrected chi connectivity index (χ1v) is 12.6. The zero-order chi connectivity index (χ0) is 21.2. The Morgan fingerprint density at radius 1 is 1.16 bits per heavy atom. The van der Waals surface area contributed by atoms with E-state index in [1.54, 1.807) is 39.8 Å². The summed E-state index contributed by atoms with van der Waals surface area (Å²) in [5.41, 5.74) is 1.84. The van der Waals surface area contributed by atoms with Crippen molar-refractivity contribution in [1.82, 2.24) is 20.2 Å². The predicted molar refractivity (Wildman–Crippen MR) is 127 cm³/mol. The third-order valence-corrected chi connectivity index (χ3v) is 7.73. The minimum absolute atomic E-state index is 0.0622. The van der Waals surface area contributed by atoms with E-state index in [2.05, 4.69) is 26.3 Å². The van der Waals surface area contributed by atoms with Crippen LogP contribution in [0.4, 0.5) is 0 Å². The molecule has 5 rings (SSSR count). The molecule has 31 heavy (non-hydrogen) atoms. The summed E-state index contributed by atoms with van der Waals surface area (Å²) in [5.74, 6) is 0.788. The van der Waals surface area contributed by atoms with Crippen molar-refractivity contribution in [3.63, 3.8) is 0 Å². The SMILES string of the molecule is O=C(CSc1n[nH]c(-c2ccc(Cl)cc2)n1)N1N=C(c2cccs2)CC1c1cccs1. The molecule has 1 aliphatic rings. The van der Waals surface area contributed by atoms with E-state index in [-0.39, 0.29) is 17.7 Å². The number of halogens is 1. The van der Waals surface area contributed by atoms with Gasteiger partial charge in [-0.1, -0.05) is 35.5 Å². The first-order chi connectivity index (χ1) is 15.2. The van der Waals surface area contributed by atoms with E-state index in [4.69, 9.17) is 11.6 Å². The smallest absolute Gasteiger partial charge is 0.253 e. The van der Waals surface area contributed by atoms with Crippen LogP contribution in [0.3, 0.4) is 0 Å². The molecule has 1 aliphatic heterocycles. The lowest BCUT2D eigenvalue weighted by Gasteiger charge is -2.20. The van der Waals surface area contributed by atoms with Gasteiger partial charge in [0.05, 0.1) is 22.4 Å². The minimum atomic E-state index is -0.0676. The number of nitrogens with zero attached hydrogens (tertiary/aromatic N) is 4. The Labute approximate surface area is 196 Å². The lowest BCUT2D eigenvalue weighted by molar-refractivity contribution is -0.130. The zero-order valence-electron chi connectivity index (χ0n) is 16.1. The molecule has 156 valence electrons. The molecule has 1 amide bonds. The molecule has 0 saturated carbocycles. The Hall–Kier alpha value is -2.46. The Morgan fingerprint density at radius 2 is 1.97 bits per heavy atom. The van der Waals surface area contributed by atoms with Gasteiger partial charge in [-0.2, -0.15) is 5.10 Å². The molecule has 1 unspecified atom stereocenters. The van der Waals surface area contributed by atoms with E-state index in [1.165, 1.54) is 11.8 Å². The quantitative estimate of drug-likeness (QED) is 0.354. The third-order valence-electron chi connectivity index (χ3n) is 4.75. The molecule has 0 fully saturated rings. The number of amides is 1. The van der Waals surface area contributed by atoms with E-state index in [1.807, 2.05) is 41.1 Å². The molecular formula is C21H16ClN5OS3. The maximum atomic E-state index is 13.1. The van der Waals surface area contributed by atoms with Crippen molar-refractivity contribution >= 4 is 57.7 Å². The lowest BCUT2D eigenvalue weighted by atomic mass is 10.1. The molecule has 0 bridgehead atoms. The Bertz CT molecular complexity index is 1200. The molecule has 6 nitrogen and oxygen atoms in total. The second-order valence-corrected chi connectivity index (χ2v) is 10.1. The van der Waals surface area contributed by atoms with E-state index in [9.17, 15) is 4.79 Å². The van der Waals surface area contributed by atoms with E-state index in [0.29, 0.717) is 16.0 Å². The Morgan fingerprint density at radius 3 is 2.71 bits per heavy atom. The van der Waals surface area contributed by atoms with Crippen LogP contribution in [0.15, 0.2) is 69.5 Å².